The van der Waals surface area contributed by atoms with Crippen LogP contribution in [0.25, 0.3) is 33.2 Å². The number of fused-ring (bicyclic) bond motifs is 7. The first-order valence-corrected chi connectivity index (χ1v) is 21.7. The molecule has 4 aliphatic heterocycles. The van der Waals surface area contributed by atoms with E-state index in [1.165, 1.54) is 19.8 Å². The first-order valence-electron chi connectivity index (χ1n) is 21.7. The monoisotopic (exact) mass is 829 g/mol. The van der Waals surface area contributed by atoms with Gasteiger partial charge in [0.05, 0.1) is 43.9 Å². The van der Waals surface area contributed by atoms with Gasteiger partial charge in [-0.25, -0.2) is 14.6 Å². The summed E-state index contributed by atoms with van der Waals surface area (Å²) in [4.78, 5) is 69.6. The lowest BCUT2D eigenvalue weighted by molar-refractivity contribution is -0.136. The molecule has 3 N–H and O–H groups in total. The number of methoxy groups -OCH3 is 2. The molecule has 5 heterocycles. The van der Waals surface area contributed by atoms with Crippen LogP contribution >= 0.6 is 0 Å². The number of aliphatic imine (C=N–C) groups is 1. The molecule has 2 unspecified atom stereocenters. The highest BCUT2D eigenvalue weighted by molar-refractivity contribution is 6.06. The molecule has 320 valence electrons. The second kappa shape index (κ2) is 16.2. The number of aromatic nitrogens is 2. The molecule has 61 heavy (non-hydrogen) atoms. The summed E-state index contributed by atoms with van der Waals surface area (Å²) in [5.41, 5.74) is 8.14. The van der Waals surface area contributed by atoms with Crippen LogP contribution in [0.15, 0.2) is 53.7 Å². The van der Waals surface area contributed by atoms with Gasteiger partial charge in [-0.2, -0.15) is 0 Å². The summed E-state index contributed by atoms with van der Waals surface area (Å²) in [6.45, 7) is 8.72. The number of carbonyl (C=O) groups is 4. The minimum Gasteiger partial charge on any atom is -0.488 e. The van der Waals surface area contributed by atoms with Crippen molar-refractivity contribution in [3.8, 4) is 28.1 Å². The number of rotatable bonds is 9. The quantitative estimate of drug-likeness (QED) is 0.155. The number of benzene rings is 3. The lowest BCUT2D eigenvalue weighted by atomic mass is 9.90. The van der Waals surface area contributed by atoms with Gasteiger partial charge in [-0.3, -0.25) is 14.6 Å². The molecular weight excluding hydrogens is 775 g/mol. The summed E-state index contributed by atoms with van der Waals surface area (Å²) in [7, 11) is 2.62. The molecule has 2 saturated heterocycles. The molecule has 14 nitrogen and oxygen atoms in total. The van der Waals surface area contributed by atoms with E-state index in [-0.39, 0.29) is 41.8 Å². The molecule has 4 aromatic rings. The van der Waals surface area contributed by atoms with Crippen LogP contribution in [-0.2, 0) is 32.1 Å². The number of nitrogens with zero attached hydrogens (tertiary/aromatic N) is 4. The van der Waals surface area contributed by atoms with E-state index in [2.05, 4.69) is 56.9 Å². The van der Waals surface area contributed by atoms with Gasteiger partial charge in [-0.05, 0) is 108 Å². The van der Waals surface area contributed by atoms with Gasteiger partial charge in [0.25, 0.3) is 0 Å². The standard InChI is InChI=1S/C47H55N7O7/c1-24(2)41(51-46(57)59-5)44(55)53-16-8-11-38(53)43-48-22-36(50-43)27-12-14-30-32-17-26-13-15-34-33(31(26)18-29(32)23-61-40(30)20-27)21-35(49-34)39-19-28-9-7-10-37(28)54(39)45(56)42(25(3)4)52-47(58)60-6/h12-15,17-18,20,22,24-25,28,37-39,41-42H,7-11,16,19,21,23H2,1-6H3,(H,48,50)(H,51,57)(H,52,58)/t28?,37-,38?,39-,41-,42-/m0/s1. The van der Waals surface area contributed by atoms with E-state index in [1.807, 2.05) is 38.7 Å². The van der Waals surface area contributed by atoms with Crippen molar-refractivity contribution in [3.63, 3.8) is 0 Å². The molecule has 3 fully saturated rings. The van der Waals surface area contributed by atoms with Crippen molar-refractivity contribution in [2.24, 2.45) is 22.7 Å². The van der Waals surface area contributed by atoms with Gasteiger partial charge >= 0.3 is 12.2 Å². The first-order chi connectivity index (χ1) is 29.4. The lowest BCUT2D eigenvalue weighted by Crippen LogP contribution is -2.56. The second-order valence-corrected chi connectivity index (χ2v) is 17.9. The van der Waals surface area contributed by atoms with Crippen molar-refractivity contribution in [2.75, 3.05) is 20.8 Å². The molecule has 3 aromatic carbocycles. The van der Waals surface area contributed by atoms with Crippen molar-refractivity contribution in [2.45, 2.75) is 109 Å². The highest BCUT2D eigenvalue weighted by Gasteiger charge is 2.50. The Labute approximate surface area is 355 Å². The Morgan fingerprint density at radius 3 is 2.34 bits per heavy atom. The van der Waals surface area contributed by atoms with Crippen LogP contribution in [0.4, 0.5) is 15.3 Å². The predicted octanol–water partition coefficient (Wildman–Crippen LogP) is 7.61. The fraction of sp³-hybridized carbons (Fsp3) is 0.489. The number of ether oxygens (including phenoxy) is 3. The van der Waals surface area contributed by atoms with Crippen molar-refractivity contribution in [1.29, 1.82) is 0 Å². The predicted molar refractivity (Wildman–Crippen MR) is 230 cm³/mol. The summed E-state index contributed by atoms with van der Waals surface area (Å²) < 4.78 is 16.1. The molecule has 0 radical (unpaired) electrons. The maximum Gasteiger partial charge on any atom is 0.407 e. The Morgan fingerprint density at radius 1 is 0.852 bits per heavy atom. The zero-order chi connectivity index (χ0) is 42.7. The molecule has 9 rings (SSSR count). The van der Waals surface area contributed by atoms with Gasteiger partial charge in [0.2, 0.25) is 11.8 Å². The number of carbonyl (C=O) groups excluding carboxylic acids is 4. The van der Waals surface area contributed by atoms with Crippen LogP contribution in [0.2, 0.25) is 0 Å². The number of nitrogens with one attached hydrogen (secondary N) is 3. The van der Waals surface area contributed by atoms with Crippen LogP contribution < -0.4 is 15.4 Å². The molecule has 4 amide bonds. The molecule has 6 atom stereocenters. The van der Waals surface area contributed by atoms with Crippen molar-refractivity contribution < 1.29 is 33.4 Å². The van der Waals surface area contributed by atoms with E-state index in [1.54, 1.807) is 6.20 Å². The van der Waals surface area contributed by atoms with Crippen LogP contribution in [0.1, 0.15) is 89.2 Å². The lowest BCUT2D eigenvalue weighted by Gasteiger charge is -2.34. The smallest absolute Gasteiger partial charge is 0.407 e. The largest absolute Gasteiger partial charge is 0.488 e. The molecule has 5 aliphatic rings. The van der Waals surface area contributed by atoms with E-state index < -0.39 is 24.3 Å². The number of hydrogen-bond donors (Lipinski definition) is 3. The summed E-state index contributed by atoms with van der Waals surface area (Å²) in [5, 5.41) is 7.80. The van der Waals surface area contributed by atoms with Crippen LogP contribution in [0.5, 0.6) is 5.75 Å². The highest BCUT2D eigenvalue weighted by Crippen LogP contribution is 2.47. The SMILES string of the molecule is COC(=O)N[C@H](C(=O)N1CCCC1c1ncc(-c2ccc3c(c2)OCc2cc4c5c(ccc4cc2-3)N=C([C@@H]2CC3CCC[C@@H]3N2C(=O)[C@@H](NC(=O)OC)C(C)C)C5)[nH]1)C(C)C. The third-order valence-corrected chi connectivity index (χ3v) is 13.6. The Hall–Kier alpha value is -5.92. The summed E-state index contributed by atoms with van der Waals surface area (Å²) in [5.74, 6) is 1.51. The van der Waals surface area contributed by atoms with E-state index in [0.717, 1.165) is 94.4 Å². The van der Waals surface area contributed by atoms with Crippen LogP contribution in [-0.4, -0.2) is 94.4 Å². The third kappa shape index (κ3) is 7.27. The van der Waals surface area contributed by atoms with Crippen molar-refractivity contribution in [3.05, 3.63) is 65.6 Å². The Bertz CT molecular complexity index is 2440. The Kier molecular flexibility index (Phi) is 10.7. The number of amides is 4. The number of alkyl carbamates (subject to hydrolysis) is 2. The summed E-state index contributed by atoms with van der Waals surface area (Å²) in [6, 6.07) is 13.4. The molecule has 1 aromatic heterocycles. The molecule has 0 bridgehead atoms. The van der Waals surface area contributed by atoms with E-state index in [9.17, 15) is 19.2 Å². The third-order valence-electron chi connectivity index (χ3n) is 13.6. The summed E-state index contributed by atoms with van der Waals surface area (Å²) in [6.07, 6.45) is 6.91. The molecule has 1 aliphatic carbocycles. The Morgan fingerprint density at radius 2 is 1.61 bits per heavy atom. The second-order valence-electron chi connectivity index (χ2n) is 17.9. The van der Waals surface area contributed by atoms with Gasteiger partial charge in [0.1, 0.15) is 30.3 Å². The van der Waals surface area contributed by atoms with Gasteiger partial charge in [0, 0.05) is 35.8 Å². The van der Waals surface area contributed by atoms with E-state index in [0.29, 0.717) is 31.3 Å². The average molecular weight is 830 g/mol. The van der Waals surface area contributed by atoms with E-state index in [4.69, 9.17) is 24.2 Å². The summed E-state index contributed by atoms with van der Waals surface area (Å²) >= 11 is 0. The van der Waals surface area contributed by atoms with Gasteiger partial charge in [-0.1, -0.05) is 46.2 Å². The van der Waals surface area contributed by atoms with Crippen LogP contribution in [0.3, 0.4) is 0 Å². The zero-order valence-corrected chi connectivity index (χ0v) is 35.7. The van der Waals surface area contributed by atoms with Crippen LogP contribution in [0, 0.1) is 17.8 Å². The van der Waals surface area contributed by atoms with Gasteiger partial charge in [-0.15, -0.1) is 0 Å². The number of hydrogen-bond acceptors (Lipinski definition) is 9. The topological polar surface area (TPSA) is 168 Å². The number of imidazole rings is 1. The zero-order valence-electron chi connectivity index (χ0n) is 35.7. The number of H-pyrrole nitrogens is 1. The maximum absolute atomic E-state index is 14.3. The molecule has 14 heteroatoms. The number of likely N-dealkylation sites (tertiary alicyclic amines) is 2. The minimum atomic E-state index is -0.700. The Balaban J connectivity index is 0.942. The van der Waals surface area contributed by atoms with E-state index >= 15 is 0 Å². The normalized spacial score (nSPS) is 22.3. The van der Waals surface area contributed by atoms with Crippen molar-refractivity contribution >= 4 is 46.2 Å². The van der Waals surface area contributed by atoms with Gasteiger partial charge in [0.15, 0.2) is 0 Å². The average Bonchev–Trinajstić information content (AvgIpc) is 4.11. The highest BCUT2D eigenvalue weighted by atomic mass is 16.5. The fourth-order valence-corrected chi connectivity index (χ4v) is 10.5. The molecule has 0 spiro atoms. The van der Waals surface area contributed by atoms with Crippen molar-refractivity contribution in [1.82, 2.24) is 30.4 Å². The van der Waals surface area contributed by atoms with Gasteiger partial charge < -0.3 is 39.6 Å². The fourth-order valence-electron chi connectivity index (χ4n) is 10.5. The molecule has 1 saturated carbocycles. The maximum atomic E-state index is 14.3. The minimum absolute atomic E-state index is 0.0529. The molecular formula is C47H55N7O7. The first kappa shape index (κ1) is 40.5. The number of aromatic amines is 1.